The van der Waals surface area contributed by atoms with E-state index in [0.29, 0.717) is 30.9 Å². The van der Waals surface area contributed by atoms with Gasteiger partial charge in [0.25, 0.3) is 0 Å². The summed E-state index contributed by atoms with van der Waals surface area (Å²) in [5.41, 5.74) is 3.94. The second-order valence-electron chi connectivity index (χ2n) is 9.80. The second kappa shape index (κ2) is 11.4. The zero-order chi connectivity index (χ0) is 27.6. The van der Waals surface area contributed by atoms with Gasteiger partial charge in [0.2, 0.25) is 0 Å². The van der Waals surface area contributed by atoms with Crippen LogP contribution in [0.2, 0.25) is 0 Å². The molecule has 1 aromatic carbocycles. The summed E-state index contributed by atoms with van der Waals surface area (Å²) in [6.07, 6.45) is -1.04. The Hall–Kier alpha value is -3.35. The smallest absolute Gasteiger partial charge is 0.471 e. The standard InChI is InChI=1S/C27H32F3N5O4/c1-38-25-15-20(14-19-2-4-34(18-23(19)25)26(37)27(28,29)30)22-17-31-35-5-3-21(16-24(22)35)39-13-11-33-8-6-32(7-9-33)10-12-36/h3,5,14-17,36H,2,4,6-13,18H2,1H3. The fourth-order valence-corrected chi connectivity index (χ4v) is 5.27. The van der Waals surface area contributed by atoms with Gasteiger partial charge in [-0.15, -0.1) is 0 Å². The van der Waals surface area contributed by atoms with Gasteiger partial charge in [-0.05, 0) is 29.7 Å². The molecule has 1 N–H and O–H groups in total. The fourth-order valence-electron chi connectivity index (χ4n) is 5.27. The molecule has 210 valence electrons. The Kier molecular flexibility index (Phi) is 7.96. The molecule has 5 rings (SSSR count). The largest absolute Gasteiger partial charge is 0.496 e. The van der Waals surface area contributed by atoms with Crippen molar-refractivity contribution in [3.63, 3.8) is 0 Å². The van der Waals surface area contributed by atoms with E-state index in [0.717, 1.165) is 65.6 Å². The maximum Gasteiger partial charge on any atom is 0.471 e. The number of β-amino-alcohol motifs (C(OH)–C–C–N with tert-alkyl or cyclic N) is 1. The van der Waals surface area contributed by atoms with Crippen LogP contribution < -0.4 is 9.47 Å². The van der Waals surface area contributed by atoms with Crippen molar-refractivity contribution < 1.29 is 32.5 Å². The van der Waals surface area contributed by atoms with Crippen LogP contribution in [-0.4, -0.2) is 108 Å². The number of amides is 1. The number of alkyl halides is 3. The number of hydrogen-bond donors (Lipinski definition) is 1. The first-order chi connectivity index (χ1) is 18.8. The predicted octanol–water partition coefficient (Wildman–Crippen LogP) is 2.45. The summed E-state index contributed by atoms with van der Waals surface area (Å²) in [6.45, 7) is 5.83. The van der Waals surface area contributed by atoms with E-state index in [1.54, 1.807) is 16.8 Å². The van der Waals surface area contributed by atoms with Crippen molar-refractivity contribution in [2.75, 3.05) is 66.1 Å². The monoisotopic (exact) mass is 547 g/mol. The van der Waals surface area contributed by atoms with Gasteiger partial charge in [0.1, 0.15) is 18.1 Å². The van der Waals surface area contributed by atoms with Gasteiger partial charge in [-0.1, -0.05) is 6.07 Å². The number of halogens is 3. The number of nitrogens with zero attached hydrogens (tertiary/aromatic N) is 5. The minimum atomic E-state index is -4.91. The molecule has 1 saturated heterocycles. The van der Waals surface area contributed by atoms with E-state index in [2.05, 4.69) is 14.9 Å². The molecule has 2 aliphatic rings. The maximum absolute atomic E-state index is 13.0. The van der Waals surface area contributed by atoms with Crippen molar-refractivity contribution in [3.8, 4) is 22.6 Å². The highest BCUT2D eigenvalue weighted by Gasteiger charge is 2.43. The predicted molar refractivity (Wildman–Crippen MR) is 138 cm³/mol. The number of pyridine rings is 1. The number of aliphatic hydroxyl groups is 1. The van der Waals surface area contributed by atoms with Crippen LogP contribution in [0.15, 0.2) is 36.7 Å². The van der Waals surface area contributed by atoms with Crippen LogP contribution in [0.3, 0.4) is 0 Å². The molecule has 4 heterocycles. The number of piperazine rings is 1. The van der Waals surface area contributed by atoms with Crippen molar-refractivity contribution >= 4 is 11.4 Å². The zero-order valence-corrected chi connectivity index (χ0v) is 21.8. The van der Waals surface area contributed by atoms with Crippen molar-refractivity contribution in [3.05, 3.63) is 47.8 Å². The second-order valence-corrected chi connectivity index (χ2v) is 9.80. The summed E-state index contributed by atoms with van der Waals surface area (Å²) in [4.78, 5) is 17.2. The molecule has 2 aliphatic heterocycles. The molecule has 0 radical (unpaired) electrons. The van der Waals surface area contributed by atoms with Gasteiger partial charge in [-0.25, -0.2) is 4.52 Å². The van der Waals surface area contributed by atoms with Crippen LogP contribution in [0.5, 0.6) is 11.5 Å². The summed E-state index contributed by atoms with van der Waals surface area (Å²) >= 11 is 0. The number of methoxy groups -OCH3 is 1. The van der Waals surface area contributed by atoms with Crippen molar-refractivity contribution in [2.24, 2.45) is 0 Å². The minimum Gasteiger partial charge on any atom is -0.496 e. The summed E-state index contributed by atoms with van der Waals surface area (Å²) in [5, 5.41) is 13.6. The Labute approximate surface area is 224 Å². The van der Waals surface area contributed by atoms with Crippen molar-refractivity contribution in [2.45, 2.75) is 19.1 Å². The maximum atomic E-state index is 13.0. The zero-order valence-electron chi connectivity index (χ0n) is 21.8. The lowest BCUT2D eigenvalue weighted by molar-refractivity contribution is -0.186. The molecule has 39 heavy (non-hydrogen) atoms. The molecule has 0 bridgehead atoms. The molecule has 0 spiro atoms. The Morgan fingerprint density at radius 2 is 1.82 bits per heavy atom. The third-order valence-electron chi connectivity index (χ3n) is 7.41. The summed E-state index contributed by atoms with van der Waals surface area (Å²) < 4.78 is 52.3. The molecular weight excluding hydrogens is 515 g/mol. The number of ether oxygens (including phenoxy) is 2. The number of benzene rings is 1. The van der Waals surface area contributed by atoms with Gasteiger partial charge >= 0.3 is 12.1 Å². The van der Waals surface area contributed by atoms with E-state index in [1.807, 2.05) is 24.4 Å². The summed E-state index contributed by atoms with van der Waals surface area (Å²) in [5.74, 6) is -0.680. The number of hydrogen-bond acceptors (Lipinski definition) is 7. The Balaban J connectivity index is 1.30. The first-order valence-corrected chi connectivity index (χ1v) is 13.0. The molecule has 2 aromatic heterocycles. The highest BCUT2D eigenvalue weighted by atomic mass is 19.4. The molecule has 1 amide bonds. The number of fused-ring (bicyclic) bond motifs is 2. The fraction of sp³-hybridized carbons (Fsp3) is 0.481. The number of carbonyl (C=O) groups is 1. The van der Waals surface area contributed by atoms with Crippen molar-refractivity contribution in [1.82, 2.24) is 24.3 Å². The highest BCUT2D eigenvalue weighted by molar-refractivity contribution is 5.84. The average molecular weight is 548 g/mol. The van der Waals surface area contributed by atoms with Gasteiger partial charge in [0, 0.05) is 75.7 Å². The van der Waals surface area contributed by atoms with Gasteiger partial charge in [-0.2, -0.15) is 18.3 Å². The molecular formula is C27H32F3N5O4. The first kappa shape index (κ1) is 27.2. The van der Waals surface area contributed by atoms with Crippen LogP contribution in [0.4, 0.5) is 13.2 Å². The topological polar surface area (TPSA) is 82.8 Å². The van der Waals surface area contributed by atoms with Crippen molar-refractivity contribution in [1.29, 1.82) is 0 Å². The highest BCUT2D eigenvalue weighted by Crippen LogP contribution is 2.37. The Bertz CT molecular complexity index is 1300. The first-order valence-electron chi connectivity index (χ1n) is 13.0. The Morgan fingerprint density at radius 3 is 2.51 bits per heavy atom. The molecule has 0 aliphatic carbocycles. The third kappa shape index (κ3) is 5.97. The van der Waals surface area contributed by atoms with E-state index < -0.39 is 12.1 Å². The normalized spacial score (nSPS) is 16.9. The Morgan fingerprint density at radius 1 is 1.08 bits per heavy atom. The SMILES string of the molecule is COc1cc(-c2cnn3ccc(OCCN4CCN(CCO)CC4)cc23)cc2c1CN(C(=O)C(F)(F)F)CC2. The molecule has 1 fully saturated rings. The van der Waals surface area contributed by atoms with Gasteiger partial charge < -0.3 is 19.5 Å². The van der Waals surface area contributed by atoms with E-state index >= 15 is 0 Å². The summed E-state index contributed by atoms with van der Waals surface area (Å²) in [6, 6.07) is 7.51. The minimum absolute atomic E-state index is 0.0127. The van der Waals surface area contributed by atoms with Gasteiger partial charge in [0.05, 0.1) is 25.4 Å². The number of carbonyl (C=O) groups excluding carboxylic acids is 1. The van der Waals surface area contributed by atoms with E-state index in [9.17, 15) is 18.0 Å². The average Bonchev–Trinajstić information content (AvgIpc) is 3.35. The van der Waals surface area contributed by atoms with E-state index in [1.165, 1.54) is 7.11 Å². The number of aliphatic hydroxyl groups excluding tert-OH is 1. The number of aromatic nitrogens is 2. The molecule has 3 aromatic rings. The lowest BCUT2D eigenvalue weighted by atomic mass is 9.93. The lowest BCUT2D eigenvalue weighted by Gasteiger charge is -2.34. The third-order valence-corrected chi connectivity index (χ3v) is 7.41. The molecule has 0 saturated carbocycles. The summed E-state index contributed by atoms with van der Waals surface area (Å²) in [7, 11) is 1.47. The molecule has 12 heteroatoms. The quantitative estimate of drug-likeness (QED) is 0.464. The molecule has 0 unspecified atom stereocenters. The van der Waals surface area contributed by atoms with Crippen LogP contribution in [-0.2, 0) is 17.8 Å². The van der Waals surface area contributed by atoms with E-state index in [4.69, 9.17) is 14.6 Å². The number of rotatable bonds is 8. The molecule has 9 nitrogen and oxygen atoms in total. The van der Waals surface area contributed by atoms with Crippen LogP contribution in [0, 0.1) is 0 Å². The van der Waals surface area contributed by atoms with Crippen LogP contribution in [0.1, 0.15) is 11.1 Å². The molecule has 0 atom stereocenters. The van der Waals surface area contributed by atoms with Crippen LogP contribution in [0.25, 0.3) is 16.6 Å². The van der Waals surface area contributed by atoms with Gasteiger partial charge in [0.15, 0.2) is 0 Å². The van der Waals surface area contributed by atoms with Gasteiger partial charge in [-0.3, -0.25) is 14.6 Å². The van der Waals surface area contributed by atoms with E-state index in [-0.39, 0.29) is 19.7 Å². The lowest BCUT2D eigenvalue weighted by Crippen LogP contribution is -2.48. The van der Waals surface area contributed by atoms with Crippen LogP contribution >= 0.6 is 0 Å².